The Morgan fingerprint density at radius 2 is 2.32 bits per heavy atom. The van der Waals surface area contributed by atoms with Gasteiger partial charge in [-0.3, -0.25) is 10.1 Å². The smallest absolute Gasteiger partial charge is 0.315 e. The van der Waals surface area contributed by atoms with Gasteiger partial charge in [-0.15, -0.1) is 0 Å². The number of aliphatic hydroxyl groups excluding tert-OH is 1. The molecule has 0 saturated carbocycles. The van der Waals surface area contributed by atoms with Crippen molar-refractivity contribution in [3.63, 3.8) is 0 Å². The molecule has 0 aromatic carbocycles. The third-order valence-corrected chi connectivity index (χ3v) is 3.98. The molecule has 2 aromatic rings. The van der Waals surface area contributed by atoms with Crippen molar-refractivity contribution in [2.24, 2.45) is 0 Å². The fourth-order valence-electron chi connectivity index (χ4n) is 1.93. The van der Waals surface area contributed by atoms with Crippen LogP contribution in [0.25, 0.3) is 0 Å². The zero-order valence-corrected chi connectivity index (χ0v) is 13.4. The van der Waals surface area contributed by atoms with Crippen LogP contribution in [0.3, 0.4) is 0 Å². The van der Waals surface area contributed by atoms with Gasteiger partial charge in [0, 0.05) is 18.2 Å². The maximum absolute atomic E-state index is 11.4. The number of nitro groups is 1. The van der Waals surface area contributed by atoms with E-state index in [1.807, 2.05) is 0 Å². The second kappa shape index (κ2) is 6.86. The summed E-state index contributed by atoms with van der Waals surface area (Å²) in [5, 5.41) is 21.2. The SMILES string of the molecule is COc1cc(C)c([N+](=O)[O-])c(N(CCO)c2cnc(Cl)s2)n1. The number of anilines is 2. The lowest BCUT2D eigenvalue weighted by Gasteiger charge is -2.21. The minimum atomic E-state index is -0.510. The molecule has 0 aliphatic carbocycles. The summed E-state index contributed by atoms with van der Waals surface area (Å²) in [7, 11) is 1.43. The van der Waals surface area contributed by atoms with Crippen molar-refractivity contribution in [2.75, 3.05) is 25.2 Å². The Bertz CT molecular complexity index is 694. The van der Waals surface area contributed by atoms with Crippen molar-refractivity contribution in [1.29, 1.82) is 0 Å². The van der Waals surface area contributed by atoms with Crippen molar-refractivity contribution in [1.82, 2.24) is 9.97 Å². The number of thiazole rings is 1. The van der Waals surface area contributed by atoms with Crippen LogP contribution in [0.1, 0.15) is 5.56 Å². The molecule has 0 aliphatic heterocycles. The first-order chi connectivity index (χ1) is 10.5. The third-order valence-electron chi connectivity index (χ3n) is 2.84. The molecule has 0 radical (unpaired) electrons. The van der Waals surface area contributed by atoms with Crippen LogP contribution >= 0.6 is 22.9 Å². The van der Waals surface area contributed by atoms with Crippen molar-refractivity contribution in [2.45, 2.75) is 6.92 Å². The van der Waals surface area contributed by atoms with Gasteiger partial charge >= 0.3 is 5.69 Å². The molecule has 0 spiro atoms. The van der Waals surface area contributed by atoms with Crippen LogP contribution in [0.5, 0.6) is 5.88 Å². The molecule has 0 atom stereocenters. The highest BCUT2D eigenvalue weighted by molar-refractivity contribution is 7.19. The van der Waals surface area contributed by atoms with E-state index in [1.165, 1.54) is 24.3 Å². The average Bonchev–Trinajstić information content (AvgIpc) is 2.89. The standard InChI is InChI=1S/C12H13ClN4O4S/c1-7-5-8(21-2)15-11(10(7)17(19)20)16(3-4-18)9-6-14-12(13)22-9/h5-6,18H,3-4H2,1-2H3. The molecule has 2 heterocycles. The lowest BCUT2D eigenvalue weighted by Crippen LogP contribution is -2.23. The normalized spacial score (nSPS) is 10.5. The summed E-state index contributed by atoms with van der Waals surface area (Å²) in [4.78, 5) is 20.5. The van der Waals surface area contributed by atoms with Crippen LogP contribution in [0, 0.1) is 17.0 Å². The maximum Gasteiger partial charge on any atom is 0.315 e. The first-order valence-electron chi connectivity index (χ1n) is 6.17. The molecule has 22 heavy (non-hydrogen) atoms. The van der Waals surface area contributed by atoms with Gasteiger partial charge in [-0.2, -0.15) is 4.98 Å². The largest absolute Gasteiger partial charge is 0.481 e. The van der Waals surface area contributed by atoms with E-state index in [9.17, 15) is 15.2 Å². The molecule has 0 saturated heterocycles. The highest BCUT2D eigenvalue weighted by Gasteiger charge is 2.27. The number of hydrogen-bond acceptors (Lipinski definition) is 8. The molecule has 0 aliphatic rings. The van der Waals surface area contributed by atoms with Gasteiger partial charge in [0.1, 0.15) is 5.00 Å². The van der Waals surface area contributed by atoms with Gasteiger partial charge in [-0.05, 0) is 6.92 Å². The molecule has 2 rings (SSSR count). The molecule has 8 nitrogen and oxygen atoms in total. The Morgan fingerprint density at radius 3 is 2.82 bits per heavy atom. The van der Waals surface area contributed by atoms with Crippen LogP contribution in [0.4, 0.5) is 16.5 Å². The van der Waals surface area contributed by atoms with Gasteiger partial charge < -0.3 is 14.7 Å². The van der Waals surface area contributed by atoms with E-state index in [-0.39, 0.29) is 30.5 Å². The number of pyridine rings is 1. The molecule has 0 fully saturated rings. The van der Waals surface area contributed by atoms with Gasteiger partial charge in [-0.25, -0.2) is 4.98 Å². The molecule has 1 N–H and O–H groups in total. The van der Waals surface area contributed by atoms with Crippen LogP contribution < -0.4 is 9.64 Å². The van der Waals surface area contributed by atoms with E-state index in [0.29, 0.717) is 15.0 Å². The van der Waals surface area contributed by atoms with Crippen LogP contribution in [0.2, 0.25) is 4.47 Å². The first kappa shape index (κ1) is 16.4. The summed E-state index contributed by atoms with van der Waals surface area (Å²) in [5.41, 5.74) is 0.254. The van der Waals surface area contributed by atoms with Gasteiger partial charge in [0.15, 0.2) is 4.47 Å². The molecule has 2 aromatic heterocycles. The number of aliphatic hydroxyl groups is 1. The van der Waals surface area contributed by atoms with Crippen molar-refractivity contribution in [3.8, 4) is 5.88 Å². The molecule has 118 valence electrons. The zero-order chi connectivity index (χ0) is 16.3. The fourth-order valence-corrected chi connectivity index (χ4v) is 2.89. The zero-order valence-electron chi connectivity index (χ0n) is 11.8. The number of aryl methyl sites for hydroxylation is 1. The van der Waals surface area contributed by atoms with Crippen molar-refractivity contribution >= 4 is 39.4 Å². The van der Waals surface area contributed by atoms with Crippen LogP contribution in [-0.2, 0) is 0 Å². The predicted molar refractivity (Wildman–Crippen MR) is 83.4 cm³/mol. The van der Waals surface area contributed by atoms with Crippen LogP contribution in [0.15, 0.2) is 12.3 Å². The molecular weight excluding hydrogens is 332 g/mol. The minimum Gasteiger partial charge on any atom is -0.481 e. The summed E-state index contributed by atoms with van der Waals surface area (Å²) >= 11 is 6.96. The quantitative estimate of drug-likeness (QED) is 0.634. The Morgan fingerprint density at radius 1 is 1.59 bits per heavy atom. The monoisotopic (exact) mass is 344 g/mol. The third kappa shape index (κ3) is 3.26. The predicted octanol–water partition coefficient (Wildman–Crippen LogP) is 2.55. The van der Waals surface area contributed by atoms with Crippen LogP contribution in [-0.4, -0.2) is 40.3 Å². The highest BCUT2D eigenvalue weighted by Crippen LogP contribution is 2.38. The Kier molecular flexibility index (Phi) is 5.11. The summed E-state index contributed by atoms with van der Waals surface area (Å²) in [6.07, 6.45) is 1.48. The summed E-state index contributed by atoms with van der Waals surface area (Å²) in [6.45, 7) is 1.49. The van der Waals surface area contributed by atoms with Crippen molar-refractivity contribution in [3.05, 3.63) is 32.4 Å². The summed E-state index contributed by atoms with van der Waals surface area (Å²) < 4.78 is 5.37. The maximum atomic E-state index is 11.4. The number of rotatable bonds is 6. The summed E-state index contributed by atoms with van der Waals surface area (Å²) in [6, 6.07) is 1.48. The van der Waals surface area contributed by atoms with E-state index in [4.69, 9.17) is 16.3 Å². The fraction of sp³-hybridized carbons (Fsp3) is 0.333. The second-order valence-electron chi connectivity index (χ2n) is 4.24. The second-order valence-corrected chi connectivity index (χ2v) is 5.83. The topological polar surface area (TPSA) is 102 Å². The number of aromatic nitrogens is 2. The number of methoxy groups -OCH3 is 1. The summed E-state index contributed by atoms with van der Waals surface area (Å²) in [5.74, 6) is 0.327. The minimum absolute atomic E-state index is 0.0798. The number of ether oxygens (including phenoxy) is 1. The Hall–Kier alpha value is -1.97. The van der Waals surface area contributed by atoms with Gasteiger partial charge in [-0.1, -0.05) is 22.9 Å². The van der Waals surface area contributed by atoms with Gasteiger partial charge in [0.05, 0.1) is 24.8 Å². The van der Waals surface area contributed by atoms with E-state index in [2.05, 4.69) is 9.97 Å². The number of halogens is 1. The Labute approximate surface area is 135 Å². The average molecular weight is 345 g/mol. The van der Waals surface area contributed by atoms with E-state index < -0.39 is 4.92 Å². The molecule has 0 amide bonds. The highest BCUT2D eigenvalue weighted by atomic mass is 35.5. The molecular formula is C12H13ClN4O4S. The molecule has 10 heteroatoms. The van der Waals surface area contributed by atoms with E-state index in [1.54, 1.807) is 6.92 Å². The molecule has 0 bridgehead atoms. The Balaban J connectivity index is 2.63. The number of nitrogens with zero attached hydrogens (tertiary/aromatic N) is 4. The lowest BCUT2D eigenvalue weighted by molar-refractivity contribution is -0.384. The van der Waals surface area contributed by atoms with Gasteiger partial charge in [0.25, 0.3) is 0 Å². The van der Waals surface area contributed by atoms with E-state index >= 15 is 0 Å². The van der Waals surface area contributed by atoms with Crippen molar-refractivity contribution < 1.29 is 14.8 Å². The first-order valence-corrected chi connectivity index (χ1v) is 7.37. The number of hydrogen-bond donors (Lipinski definition) is 1. The lowest BCUT2D eigenvalue weighted by atomic mass is 10.2. The molecule has 0 unspecified atom stereocenters. The van der Waals surface area contributed by atoms with Gasteiger partial charge in [0.2, 0.25) is 11.7 Å². The van der Waals surface area contributed by atoms with E-state index in [0.717, 1.165) is 11.3 Å².